The van der Waals surface area contributed by atoms with Crippen LogP contribution in [0.3, 0.4) is 0 Å². The summed E-state index contributed by atoms with van der Waals surface area (Å²) in [6.07, 6.45) is 0. The van der Waals surface area contributed by atoms with Crippen molar-refractivity contribution in [3.8, 4) is 17.4 Å². The van der Waals surface area contributed by atoms with E-state index in [-0.39, 0.29) is 39.8 Å². The van der Waals surface area contributed by atoms with E-state index < -0.39 is 11.6 Å². The number of nitrogens with zero attached hydrogens (tertiary/aromatic N) is 1. The Morgan fingerprint density at radius 3 is 2.59 bits per heavy atom. The van der Waals surface area contributed by atoms with Crippen LogP contribution < -0.4 is 15.4 Å². The molecular formula is C19H17ClF2N4O2S. The number of anilines is 2. The van der Waals surface area contributed by atoms with Crippen LogP contribution in [0.25, 0.3) is 0 Å². The van der Waals surface area contributed by atoms with Gasteiger partial charge in [0.25, 0.3) is 0 Å². The fourth-order valence-corrected chi connectivity index (χ4v) is 3.35. The topological polar surface area (TPSA) is 90.3 Å². The van der Waals surface area contributed by atoms with Crippen LogP contribution in [0.1, 0.15) is 19.4 Å². The van der Waals surface area contributed by atoms with E-state index in [0.29, 0.717) is 10.7 Å². The number of rotatable bonds is 6. The average molecular weight is 439 g/mol. The largest absolute Gasteiger partial charge is 0.492 e. The van der Waals surface area contributed by atoms with Gasteiger partial charge in [-0.15, -0.1) is 0 Å². The van der Waals surface area contributed by atoms with Crippen molar-refractivity contribution in [3.05, 3.63) is 58.6 Å². The van der Waals surface area contributed by atoms with E-state index in [0.717, 1.165) is 23.7 Å². The molecule has 10 heteroatoms. The predicted octanol–water partition coefficient (Wildman–Crippen LogP) is 5.64. The summed E-state index contributed by atoms with van der Waals surface area (Å²) in [6, 6.07) is 7.65. The number of amidine groups is 1. The zero-order chi connectivity index (χ0) is 21.1. The molecule has 0 amide bonds. The number of nitrogens with one attached hydrogen (secondary N) is 3. The van der Waals surface area contributed by atoms with Crippen molar-refractivity contribution in [2.45, 2.75) is 19.9 Å². The molecule has 0 saturated heterocycles. The molecule has 29 heavy (non-hydrogen) atoms. The number of hydrogen-bond donors (Lipinski definition) is 4. The van der Waals surface area contributed by atoms with Gasteiger partial charge < -0.3 is 20.5 Å². The lowest BCUT2D eigenvalue weighted by Gasteiger charge is -2.13. The Morgan fingerprint density at radius 1 is 1.21 bits per heavy atom. The molecule has 3 aromatic rings. The summed E-state index contributed by atoms with van der Waals surface area (Å²) in [5.41, 5.74) is 0.560. The van der Waals surface area contributed by atoms with Crippen molar-refractivity contribution in [2.24, 2.45) is 0 Å². The van der Waals surface area contributed by atoms with Crippen molar-refractivity contribution >= 4 is 39.7 Å². The van der Waals surface area contributed by atoms with Crippen molar-refractivity contribution in [2.75, 3.05) is 5.32 Å². The fraction of sp³-hybridized carbons (Fsp3) is 0.158. The Balaban J connectivity index is 1.80. The Morgan fingerprint density at radius 2 is 1.93 bits per heavy atom. The van der Waals surface area contributed by atoms with Gasteiger partial charge in [0, 0.05) is 17.8 Å². The molecule has 3 rings (SSSR count). The maximum absolute atomic E-state index is 14.5. The fourth-order valence-electron chi connectivity index (χ4n) is 2.42. The monoisotopic (exact) mass is 438 g/mol. The summed E-state index contributed by atoms with van der Waals surface area (Å²) >= 11 is 6.84. The first-order valence-electron chi connectivity index (χ1n) is 8.48. The van der Waals surface area contributed by atoms with Crippen LogP contribution in [0.5, 0.6) is 17.4 Å². The van der Waals surface area contributed by atoms with Crippen LogP contribution in [-0.4, -0.2) is 21.4 Å². The minimum Gasteiger partial charge on any atom is -0.492 e. The van der Waals surface area contributed by atoms with Gasteiger partial charge in [-0.3, -0.25) is 5.41 Å². The van der Waals surface area contributed by atoms with Gasteiger partial charge in [-0.2, -0.15) is 4.37 Å². The van der Waals surface area contributed by atoms with Crippen molar-refractivity contribution in [1.29, 1.82) is 5.41 Å². The number of hydrogen-bond acceptors (Lipinski definition) is 6. The lowest BCUT2D eigenvalue weighted by atomic mass is 10.2. The molecule has 0 atom stereocenters. The second-order valence-corrected chi connectivity index (χ2v) is 7.51. The highest BCUT2D eigenvalue weighted by Gasteiger charge is 2.19. The van der Waals surface area contributed by atoms with E-state index in [4.69, 9.17) is 21.7 Å². The zero-order valence-corrected chi connectivity index (χ0v) is 17.0. The minimum absolute atomic E-state index is 0.000118. The third-order valence-corrected chi connectivity index (χ3v) is 4.71. The number of benzene rings is 2. The Kier molecular flexibility index (Phi) is 6.19. The summed E-state index contributed by atoms with van der Waals surface area (Å²) in [4.78, 5) is 0. The molecule has 0 aliphatic rings. The highest BCUT2D eigenvalue weighted by atomic mass is 35.5. The molecule has 0 fully saturated rings. The third-order valence-electron chi connectivity index (χ3n) is 3.66. The van der Waals surface area contributed by atoms with Gasteiger partial charge in [0.05, 0.1) is 5.02 Å². The molecule has 1 heterocycles. The summed E-state index contributed by atoms with van der Waals surface area (Å²) in [7, 11) is 0. The molecule has 0 aliphatic carbocycles. The summed E-state index contributed by atoms with van der Waals surface area (Å²) < 4.78 is 36.9. The Labute approximate surface area is 174 Å². The van der Waals surface area contributed by atoms with Crippen LogP contribution in [-0.2, 0) is 0 Å². The average Bonchev–Trinajstić information content (AvgIpc) is 2.99. The molecule has 0 radical (unpaired) electrons. The molecule has 152 valence electrons. The number of aromatic nitrogens is 1. The Bertz CT molecular complexity index is 1060. The molecule has 0 aliphatic heterocycles. The summed E-state index contributed by atoms with van der Waals surface area (Å²) in [5.74, 6) is -1.46. The first kappa shape index (κ1) is 20.8. The van der Waals surface area contributed by atoms with Crippen LogP contribution in [0.4, 0.5) is 19.5 Å². The normalized spacial score (nSPS) is 10.8. The van der Waals surface area contributed by atoms with E-state index in [9.17, 15) is 13.9 Å². The molecule has 0 bridgehead atoms. The van der Waals surface area contributed by atoms with Gasteiger partial charge in [0.15, 0.2) is 11.6 Å². The van der Waals surface area contributed by atoms with Crippen LogP contribution in [0.2, 0.25) is 5.02 Å². The first-order chi connectivity index (χ1) is 13.7. The highest BCUT2D eigenvalue weighted by Crippen LogP contribution is 2.35. The van der Waals surface area contributed by atoms with Crippen LogP contribution >= 0.6 is 23.1 Å². The lowest BCUT2D eigenvalue weighted by Crippen LogP contribution is -2.30. The number of ether oxygens (including phenoxy) is 1. The second kappa shape index (κ2) is 8.62. The zero-order valence-electron chi connectivity index (χ0n) is 15.4. The molecular weight excluding hydrogens is 422 g/mol. The predicted molar refractivity (Wildman–Crippen MR) is 110 cm³/mol. The summed E-state index contributed by atoms with van der Waals surface area (Å²) in [5, 5.41) is 24.3. The first-order valence-corrected chi connectivity index (χ1v) is 9.63. The van der Waals surface area contributed by atoms with Gasteiger partial charge in [0.2, 0.25) is 5.88 Å². The van der Waals surface area contributed by atoms with Gasteiger partial charge in [-0.1, -0.05) is 11.6 Å². The molecule has 0 unspecified atom stereocenters. The second-order valence-electron chi connectivity index (χ2n) is 6.33. The minimum atomic E-state index is -0.680. The van der Waals surface area contributed by atoms with E-state index in [1.54, 1.807) is 6.07 Å². The quantitative estimate of drug-likeness (QED) is 0.295. The molecule has 6 nitrogen and oxygen atoms in total. The maximum Gasteiger partial charge on any atom is 0.236 e. The van der Waals surface area contributed by atoms with Gasteiger partial charge in [-0.25, -0.2) is 8.78 Å². The van der Waals surface area contributed by atoms with Crippen LogP contribution in [0.15, 0.2) is 36.4 Å². The highest BCUT2D eigenvalue weighted by molar-refractivity contribution is 7.11. The van der Waals surface area contributed by atoms with Crippen molar-refractivity contribution in [3.63, 3.8) is 0 Å². The molecule has 4 N–H and O–H groups in total. The van der Waals surface area contributed by atoms with Crippen molar-refractivity contribution in [1.82, 2.24) is 9.69 Å². The lowest BCUT2D eigenvalue weighted by molar-refractivity contribution is 0.441. The van der Waals surface area contributed by atoms with E-state index in [1.807, 2.05) is 13.8 Å². The molecule has 1 aromatic heterocycles. The van der Waals surface area contributed by atoms with Gasteiger partial charge in [-0.05, 0) is 55.7 Å². The SMILES string of the molecule is CC(C)NC(=N)c1c(O)nsc1Nc1ccc(Oc2ccc(F)cc2Cl)c(F)c1. The number of halogens is 3. The third kappa shape index (κ3) is 4.93. The molecule has 0 spiro atoms. The van der Waals surface area contributed by atoms with Crippen LogP contribution in [0, 0.1) is 17.0 Å². The van der Waals surface area contributed by atoms with Gasteiger partial charge >= 0.3 is 0 Å². The van der Waals surface area contributed by atoms with E-state index in [2.05, 4.69) is 15.0 Å². The summed E-state index contributed by atoms with van der Waals surface area (Å²) in [6.45, 7) is 3.72. The Hall–Kier alpha value is -2.91. The smallest absolute Gasteiger partial charge is 0.236 e. The maximum atomic E-state index is 14.5. The number of aromatic hydroxyl groups is 1. The standard InChI is InChI=1S/C19H17ClF2N4O2S/c1-9(2)24-17(23)16-18(27)26-29-19(16)25-11-4-6-15(13(22)8-11)28-14-5-3-10(21)7-12(14)20/h3-9,25H,1-2H3,(H2,23,24)(H,26,27). The van der Waals surface area contributed by atoms with Crippen molar-refractivity contribution < 1.29 is 18.6 Å². The molecule has 0 saturated carbocycles. The van der Waals surface area contributed by atoms with E-state index in [1.165, 1.54) is 18.2 Å². The van der Waals surface area contributed by atoms with Gasteiger partial charge in [0.1, 0.15) is 28.0 Å². The van der Waals surface area contributed by atoms with E-state index >= 15 is 0 Å². The molecule has 2 aromatic carbocycles.